The van der Waals surface area contributed by atoms with Crippen LogP contribution in [0.4, 0.5) is 0 Å². The molecule has 1 unspecified atom stereocenters. The Balaban J connectivity index is 1.56. The summed E-state index contributed by atoms with van der Waals surface area (Å²) >= 11 is 1.49. The van der Waals surface area contributed by atoms with E-state index >= 15 is 0 Å². The Kier molecular flexibility index (Phi) is 6.10. The summed E-state index contributed by atoms with van der Waals surface area (Å²) in [6, 6.07) is 0.229. The molecule has 2 amide bonds. The molecule has 25 heavy (non-hydrogen) atoms. The number of thiazole rings is 1. The molecular formula is C19H29N3O2S. The molecule has 1 saturated carbocycles. The third kappa shape index (κ3) is 4.40. The van der Waals surface area contributed by atoms with Crippen LogP contribution in [-0.4, -0.2) is 40.8 Å². The zero-order chi connectivity index (χ0) is 17.8. The topological polar surface area (TPSA) is 62.3 Å². The summed E-state index contributed by atoms with van der Waals surface area (Å²) in [7, 11) is 0. The number of hydrogen-bond acceptors (Lipinski definition) is 4. The van der Waals surface area contributed by atoms with Crippen molar-refractivity contribution in [1.82, 2.24) is 15.2 Å². The second-order valence-corrected chi connectivity index (χ2v) is 8.56. The van der Waals surface area contributed by atoms with E-state index in [1.54, 1.807) is 0 Å². The molecule has 2 heterocycles. The minimum Gasteiger partial charge on any atom is -0.356 e. The van der Waals surface area contributed by atoms with Gasteiger partial charge in [0.05, 0.1) is 10.7 Å². The highest BCUT2D eigenvalue weighted by Crippen LogP contribution is 2.27. The standard InChI is InChI=1S/C19H29N3O2S/c1-13-17(25-14(2)21-13)19(24)22-12-6-5-9-16(22)10-11-20-18(23)15-7-3-4-8-15/h15-16H,3-12H2,1-2H3,(H,20,23). The molecule has 1 aliphatic heterocycles. The second kappa shape index (κ2) is 8.30. The van der Waals surface area contributed by atoms with Crippen molar-refractivity contribution in [3.8, 4) is 0 Å². The molecule has 0 spiro atoms. The van der Waals surface area contributed by atoms with Gasteiger partial charge in [-0.05, 0) is 52.4 Å². The number of hydrogen-bond donors (Lipinski definition) is 1. The highest BCUT2D eigenvalue weighted by Gasteiger charge is 2.30. The fourth-order valence-electron chi connectivity index (χ4n) is 4.12. The van der Waals surface area contributed by atoms with Crippen molar-refractivity contribution in [2.24, 2.45) is 5.92 Å². The van der Waals surface area contributed by atoms with Crippen LogP contribution in [0.3, 0.4) is 0 Å². The van der Waals surface area contributed by atoms with Gasteiger partial charge in [-0.2, -0.15) is 0 Å². The highest BCUT2D eigenvalue weighted by molar-refractivity contribution is 7.13. The molecule has 1 aromatic heterocycles. The van der Waals surface area contributed by atoms with Crippen molar-refractivity contribution in [3.63, 3.8) is 0 Å². The molecule has 2 aliphatic rings. The summed E-state index contributed by atoms with van der Waals surface area (Å²) in [5, 5.41) is 4.04. The van der Waals surface area contributed by atoms with E-state index in [-0.39, 0.29) is 23.8 Å². The molecule has 1 aliphatic carbocycles. The Morgan fingerprint density at radius 2 is 1.88 bits per heavy atom. The monoisotopic (exact) mass is 363 g/mol. The number of nitrogens with zero attached hydrogens (tertiary/aromatic N) is 2. The number of rotatable bonds is 5. The van der Waals surface area contributed by atoms with E-state index in [4.69, 9.17) is 0 Å². The van der Waals surface area contributed by atoms with Gasteiger partial charge in [-0.25, -0.2) is 4.98 Å². The number of carbonyl (C=O) groups excluding carboxylic acids is 2. The van der Waals surface area contributed by atoms with E-state index in [9.17, 15) is 9.59 Å². The van der Waals surface area contributed by atoms with Gasteiger partial charge in [0.25, 0.3) is 5.91 Å². The summed E-state index contributed by atoms with van der Waals surface area (Å²) in [5.41, 5.74) is 0.839. The Bertz CT molecular complexity index is 622. The third-order valence-electron chi connectivity index (χ3n) is 5.49. The van der Waals surface area contributed by atoms with Crippen molar-refractivity contribution in [1.29, 1.82) is 0 Å². The van der Waals surface area contributed by atoms with Crippen molar-refractivity contribution < 1.29 is 9.59 Å². The minimum atomic E-state index is 0.120. The van der Waals surface area contributed by atoms with E-state index in [0.717, 1.165) is 60.6 Å². The molecule has 0 bridgehead atoms. The normalized spacial score (nSPS) is 21.5. The number of nitrogens with one attached hydrogen (secondary N) is 1. The van der Waals surface area contributed by atoms with Gasteiger partial charge in [-0.1, -0.05) is 12.8 Å². The minimum absolute atomic E-state index is 0.120. The maximum atomic E-state index is 13.0. The summed E-state index contributed by atoms with van der Waals surface area (Å²) in [6.45, 7) is 5.35. The zero-order valence-corrected chi connectivity index (χ0v) is 16.2. The highest BCUT2D eigenvalue weighted by atomic mass is 32.1. The zero-order valence-electron chi connectivity index (χ0n) is 15.3. The summed E-state index contributed by atoms with van der Waals surface area (Å²) in [4.78, 5) is 32.3. The van der Waals surface area contributed by atoms with Crippen molar-refractivity contribution in [2.75, 3.05) is 13.1 Å². The maximum Gasteiger partial charge on any atom is 0.266 e. The number of aryl methyl sites for hydroxylation is 2. The summed E-state index contributed by atoms with van der Waals surface area (Å²) in [6.07, 6.45) is 8.52. The molecular weight excluding hydrogens is 334 g/mol. The first-order valence-corrected chi connectivity index (χ1v) is 10.4. The van der Waals surface area contributed by atoms with Crippen LogP contribution in [0.1, 0.15) is 71.7 Å². The smallest absolute Gasteiger partial charge is 0.266 e. The van der Waals surface area contributed by atoms with E-state index in [1.165, 1.54) is 24.2 Å². The van der Waals surface area contributed by atoms with Gasteiger partial charge in [-0.15, -0.1) is 11.3 Å². The van der Waals surface area contributed by atoms with E-state index in [1.807, 2.05) is 18.7 Å². The average Bonchev–Trinajstić information content (AvgIpc) is 3.24. The first kappa shape index (κ1) is 18.4. The Labute approximate surface area is 154 Å². The molecule has 1 N–H and O–H groups in total. The van der Waals surface area contributed by atoms with Crippen LogP contribution < -0.4 is 5.32 Å². The number of likely N-dealkylation sites (tertiary alicyclic amines) is 1. The number of carbonyl (C=O) groups is 2. The van der Waals surface area contributed by atoms with Crippen LogP contribution in [0.2, 0.25) is 0 Å². The lowest BCUT2D eigenvalue weighted by Gasteiger charge is -2.35. The fraction of sp³-hybridized carbons (Fsp3) is 0.737. The molecule has 1 saturated heterocycles. The van der Waals surface area contributed by atoms with E-state index in [0.29, 0.717) is 6.54 Å². The molecule has 1 aromatic rings. The van der Waals surface area contributed by atoms with Gasteiger partial charge in [0, 0.05) is 25.0 Å². The molecule has 0 aromatic carbocycles. The molecule has 5 nitrogen and oxygen atoms in total. The van der Waals surface area contributed by atoms with Gasteiger partial charge >= 0.3 is 0 Å². The van der Waals surface area contributed by atoms with Crippen LogP contribution in [0.15, 0.2) is 0 Å². The first-order chi connectivity index (χ1) is 12.1. The fourth-order valence-corrected chi connectivity index (χ4v) is 5.00. The molecule has 0 radical (unpaired) electrons. The van der Waals surface area contributed by atoms with E-state index < -0.39 is 0 Å². The summed E-state index contributed by atoms with van der Waals surface area (Å²) < 4.78 is 0. The molecule has 6 heteroatoms. The summed E-state index contributed by atoms with van der Waals surface area (Å²) in [5.74, 6) is 0.543. The largest absolute Gasteiger partial charge is 0.356 e. The van der Waals surface area contributed by atoms with Crippen LogP contribution in [0, 0.1) is 19.8 Å². The predicted molar refractivity (Wildman–Crippen MR) is 99.8 cm³/mol. The first-order valence-electron chi connectivity index (χ1n) is 9.59. The second-order valence-electron chi connectivity index (χ2n) is 7.36. The molecule has 1 atom stereocenters. The average molecular weight is 364 g/mol. The van der Waals surface area contributed by atoms with Crippen LogP contribution in [0.5, 0.6) is 0 Å². The Morgan fingerprint density at radius 3 is 2.56 bits per heavy atom. The van der Waals surface area contributed by atoms with Gasteiger partial charge < -0.3 is 10.2 Å². The lowest BCUT2D eigenvalue weighted by atomic mass is 9.98. The molecule has 3 rings (SSSR count). The molecule has 138 valence electrons. The third-order valence-corrected chi connectivity index (χ3v) is 6.55. The Hall–Kier alpha value is -1.43. The number of amides is 2. The predicted octanol–water partition coefficient (Wildman–Crippen LogP) is 3.45. The number of aromatic nitrogens is 1. The van der Waals surface area contributed by atoms with Crippen molar-refractivity contribution >= 4 is 23.2 Å². The Morgan fingerprint density at radius 1 is 1.16 bits per heavy atom. The van der Waals surface area contributed by atoms with Crippen LogP contribution in [-0.2, 0) is 4.79 Å². The molecule has 2 fully saturated rings. The lowest BCUT2D eigenvalue weighted by molar-refractivity contribution is -0.124. The van der Waals surface area contributed by atoms with Crippen LogP contribution >= 0.6 is 11.3 Å². The maximum absolute atomic E-state index is 13.0. The van der Waals surface area contributed by atoms with Gasteiger partial charge in [0.2, 0.25) is 5.91 Å². The van der Waals surface area contributed by atoms with Gasteiger partial charge in [-0.3, -0.25) is 9.59 Å². The SMILES string of the molecule is Cc1nc(C)c(C(=O)N2CCCCC2CCNC(=O)C2CCCC2)s1. The number of piperidine rings is 1. The van der Waals surface area contributed by atoms with E-state index in [2.05, 4.69) is 10.3 Å². The van der Waals surface area contributed by atoms with Gasteiger partial charge in [0.1, 0.15) is 4.88 Å². The lowest BCUT2D eigenvalue weighted by Crippen LogP contribution is -2.45. The van der Waals surface area contributed by atoms with Crippen molar-refractivity contribution in [3.05, 3.63) is 15.6 Å². The van der Waals surface area contributed by atoms with Crippen molar-refractivity contribution in [2.45, 2.75) is 71.3 Å². The quantitative estimate of drug-likeness (QED) is 0.871. The van der Waals surface area contributed by atoms with Gasteiger partial charge in [0.15, 0.2) is 0 Å². The van der Waals surface area contributed by atoms with Crippen LogP contribution in [0.25, 0.3) is 0 Å².